The van der Waals surface area contributed by atoms with E-state index >= 15 is 28.8 Å². The summed E-state index contributed by atoms with van der Waals surface area (Å²) in [5, 5.41) is 1.80. The van der Waals surface area contributed by atoms with Gasteiger partial charge in [0.2, 0.25) is 11.8 Å². The van der Waals surface area contributed by atoms with E-state index < -0.39 is 65.3 Å². The number of carbonyl (C=O) groups excluding carboxylic acids is 6. The number of pyridine rings is 2. The maximum absolute atomic E-state index is 16.6. The molecule has 13 rings (SSSR count). The molecule has 2 aliphatic heterocycles. The molecule has 24 heteroatoms. The summed E-state index contributed by atoms with van der Waals surface area (Å²) in [6.07, 6.45) is 3.47. The zero-order valence-corrected chi connectivity index (χ0v) is 71.5. The highest BCUT2D eigenvalue weighted by atomic mass is 28.4. The molecule has 0 saturated carbocycles. The minimum Gasteiger partial charge on any atom is -0.457 e. The van der Waals surface area contributed by atoms with Crippen LogP contribution in [0.25, 0.3) is 43.1 Å². The van der Waals surface area contributed by atoms with Crippen LogP contribution in [0.5, 0.6) is 57.8 Å². The van der Waals surface area contributed by atoms with Gasteiger partial charge < -0.3 is 55.0 Å². The maximum Gasteiger partial charge on any atom is 0.504 e. The molecular formula is C92H100N4O18Si2. The molecule has 0 saturated heterocycles. The summed E-state index contributed by atoms with van der Waals surface area (Å²) in [6, 6.07) is 40.4. The van der Waals surface area contributed by atoms with E-state index in [-0.39, 0.29) is 147 Å². The second-order valence-corrected chi connectivity index (χ2v) is 39.4. The Kier molecular flexibility index (Phi) is 23.2. The van der Waals surface area contributed by atoms with Crippen molar-refractivity contribution in [2.75, 3.05) is 42.7 Å². The number of aromatic nitrogens is 2. The minimum atomic E-state index is -3.23. The molecule has 0 aliphatic carbocycles. The third-order valence-electron chi connectivity index (χ3n) is 21.8. The maximum atomic E-state index is 16.6. The number of carbonyl (C=O) groups is 6. The lowest BCUT2D eigenvalue weighted by atomic mass is 9.80. The first kappa shape index (κ1) is 83.2. The molecule has 0 bridgehead atoms. The molecule has 0 radical (unpaired) electrons. The predicted molar refractivity (Wildman–Crippen MR) is 448 cm³/mol. The number of amides is 4. The van der Waals surface area contributed by atoms with E-state index in [0.29, 0.717) is 47.0 Å². The van der Waals surface area contributed by atoms with Crippen molar-refractivity contribution in [1.82, 2.24) is 19.8 Å². The zero-order chi connectivity index (χ0) is 83.5. The summed E-state index contributed by atoms with van der Waals surface area (Å²) in [5.41, 5.74) is 3.85. The van der Waals surface area contributed by atoms with Crippen LogP contribution in [0.2, 0.25) is 0 Å². The van der Waals surface area contributed by atoms with Gasteiger partial charge in [0, 0.05) is 122 Å². The molecule has 2 unspecified atom stereocenters. The zero-order valence-electron chi connectivity index (χ0n) is 69.5. The number of rotatable bonds is 28. The average molecular weight is 1610 g/mol. The van der Waals surface area contributed by atoms with Gasteiger partial charge in [0.05, 0.1) is 22.3 Å². The number of ether oxygens (including phenoxy) is 6. The second-order valence-electron chi connectivity index (χ2n) is 33.6. The van der Waals surface area contributed by atoms with Gasteiger partial charge in [0.25, 0.3) is 23.6 Å². The highest BCUT2D eigenvalue weighted by molar-refractivity contribution is 6.60. The summed E-state index contributed by atoms with van der Waals surface area (Å²) in [4.78, 5) is 108. The van der Waals surface area contributed by atoms with Gasteiger partial charge in [-0.05, 0) is 153 Å². The lowest BCUT2D eigenvalue weighted by molar-refractivity contribution is -0.140. The molecule has 0 fully saturated rings. The number of fused-ring (bicyclic) bond motifs is 2. The average Bonchev–Trinajstić information content (AvgIpc) is 0.670. The highest BCUT2D eigenvalue weighted by Gasteiger charge is 2.48. The Bertz CT molecular complexity index is 5010. The first-order chi connectivity index (χ1) is 55.0. The Hall–Kier alpha value is -10.8. The Balaban J connectivity index is 1.14. The summed E-state index contributed by atoms with van der Waals surface area (Å²) >= 11 is 0. The molecule has 604 valence electrons. The predicted octanol–water partition coefficient (Wildman–Crippen LogP) is 19.5. The summed E-state index contributed by atoms with van der Waals surface area (Å²) in [5.74, 6) is -4.03. The molecule has 0 spiro atoms. The quantitative estimate of drug-likeness (QED) is 0.0145. The van der Waals surface area contributed by atoms with Crippen LogP contribution in [-0.2, 0) is 69.9 Å². The number of imide groups is 2. The molecular weight excluding hydrogens is 1510 g/mol. The first-order valence-corrected chi connectivity index (χ1v) is 42.8. The summed E-state index contributed by atoms with van der Waals surface area (Å²) < 4.78 is 76.2. The van der Waals surface area contributed by atoms with Crippen LogP contribution in [0, 0.1) is 0 Å². The van der Waals surface area contributed by atoms with Crippen LogP contribution < -0.4 is 28.4 Å². The van der Waals surface area contributed by atoms with Crippen LogP contribution in [-0.4, -0.2) is 128 Å². The van der Waals surface area contributed by atoms with Crippen molar-refractivity contribution in [3.8, 4) is 57.8 Å². The van der Waals surface area contributed by atoms with Gasteiger partial charge in [0.15, 0.2) is 0 Å². The van der Waals surface area contributed by atoms with Crippen LogP contribution >= 0.6 is 0 Å². The molecule has 2 aromatic heterocycles. The largest absolute Gasteiger partial charge is 0.504 e. The molecule has 4 amide bonds. The molecule has 9 aromatic carbocycles. The van der Waals surface area contributed by atoms with Crippen LogP contribution in [0.3, 0.4) is 0 Å². The van der Waals surface area contributed by atoms with Crippen LogP contribution in [0.15, 0.2) is 158 Å². The van der Waals surface area contributed by atoms with Crippen molar-refractivity contribution in [2.24, 2.45) is 0 Å². The van der Waals surface area contributed by atoms with Crippen molar-refractivity contribution >= 4 is 96.3 Å². The molecule has 11 aromatic rings. The first-order valence-electron chi connectivity index (χ1n) is 38.9. The number of benzene rings is 9. The topological polar surface area (TPSA) is 245 Å². The van der Waals surface area contributed by atoms with Crippen molar-refractivity contribution in [3.05, 3.63) is 214 Å². The summed E-state index contributed by atoms with van der Waals surface area (Å²) in [6.45, 7) is 28.8. The fourth-order valence-corrected chi connectivity index (χ4v) is 18.6. The van der Waals surface area contributed by atoms with E-state index in [0.717, 1.165) is 32.1 Å². The lowest BCUT2D eigenvalue weighted by Crippen LogP contribution is -2.52. The minimum absolute atomic E-state index is 0.0402. The number of hydrogen-bond donors (Lipinski definition) is 0. The van der Waals surface area contributed by atoms with Crippen molar-refractivity contribution in [3.63, 3.8) is 0 Å². The molecule has 4 heterocycles. The summed E-state index contributed by atoms with van der Waals surface area (Å²) in [7, 11) is 2.50. The molecule has 22 nitrogen and oxygen atoms in total. The van der Waals surface area contributed by atoms with Gasteiger partial charge in [0.1, 0.15) is 58.1 Å². The van der Waals surface area contributed by atoms with E-state index in [2.05, 4.69) is 93.1 Å². The Labute approximate surface area is 678 Å². The van der Waals surface area contributed by atoms with Crippen molar-refractivity contribution < 1.29 is 83.7 Å². The van der Waals surface area contributed by atoms with E-state index in [1.165, 1.54) is 55.1 Å². The Morgan fingerprint density at radius 2 is 0.586 bits per heavy atom. The normalized spacial score (nSPS) is 14.1. The van der Waals surface area contributed by atoms with E-state index in [9.17, 15) is 0 Å². The van der Waals surface area contributed by atoms with Crippen LogP contribution in [0.4, 0.5) is 0 Å². The fraction of sp³-hybridized carbons (Fsp3) is 0.348. The third kappa shape index (κ3) is 16.0. The fourth-order valence-electron chi connectivity index (χ4n) is 15.3. The number of hydrogen-bond acceptors (Lipinski definition) is 20. The second kappa shape index (κ2) is 32.4. The van der Waals surface area contributed by atoms with Crippen molar-refractivity contribution in [2.45, 2.75) is 168 Å². The Morgan fingerprint density at radius 1 is 0.345 bits per heavy atom. The van der Waals surface area contributed by atoms with Gasteiger partial charge in [-0.1, -0.05) is 158 Å². The van der Waals surface area contributed by atoms with Gasteiger partial charge in [-0.3, -0.25) is 29.0 Å². The van der Waals surface area contributed by atoms with E-state index in [1.54, 1.807) is 48.5 Å². The van der Waals surface area contributed by atoms with Crippen LogP contribution in [0.1, 0.15) is 197 Å². The molecule has 0 N–H and O–H groups in total. The standard InChI is InChI=1S/C92H100N4O18Si2/c1-21-23-67(87(101)113-73-45-53(41-43-93-73)51-115(103-15,104-16)105-17)95-83(97)63-47-69(109-59-33-25-55(26-34-59)89(3,4)5)77-79-71(111-61-37-29-57(30-38-61)91(9,10)11)49-65-76-66(86(100)96(85(65)99)68(24-22-2)88(102)114-74-46-54(42-44-94-74)52-116(106-18,107-19)108-20)50-72(112-62-39-31-58(32-40-62)92(12,13)14)80(82(76)79)78-70(48-64(84(95)98)75(63)81(77)78)110-60-35-27-56(28-36-60)90(6,7)8/h25-50,67-68H,21-24,51-52H2,1-20H3. The van der Waals surface area contributed by atoms with E-state index in [1.807, 2.05) is 111 Å². The SMILES string of the molecule is CCCC(C(=O)Oc1cc(C[Si](OC)(OC)OC)ccn1)N1C(=O)c2cc(Oc3ccc(C(C)(C)C)cc3)c3c4c(Oc5ccc(C(C)(C)C)cc5)cc5c6c(cc(Oc7ccc(C(C)(C)C)cc7)c(c7c(Oc8ccc(C(C)(C)C)cc8)cc(c2c37)C1=O)c64)C(=O)N(C(CCC)C(=O)Oc1cc(C[Si](OC)(OC)OC)ccn1)C5=O. The number of nitrogens with zero attached hydrogens (tertiary/aromatic N) is 4. The smallest absolute Gasteiger partial charge is 0.457 e. The lowest BCUT2D eigenvalue weighted by Gasteiger charge is -2.35. The molecule has 2 aliphatic rings. The Morgan fingerprint density at radius 3 is 0.802 bits per heavy atom. The van der Waals surface area contributed by atoms with Crippen molar-refractivity contribution in [1.29, 1.82) is 0 Å². The highest BCUT2D eigenvalue weighted by Crippen LogP contribution is 2.59. The van der Waals surface area contributed by atoms with Gasteiger partial charge in [-0.2, -0.15) is 0 Å². The van der Waals surface area contributed by atoms with Gasteiger partial charge >= 0.3 is 29.5 Å². The van der Waals surface area contributed by atoms with Gasteiger partial charge in [-0.15, -0.1) is 0 Å². The van der Waals surface area contributed by atoms with E-state index in [4.69, 9.17) is 55.0 Å². The molecule has 2 atom stereocenters. The third-order valence-corrected chi connectivity index (χ3v) is 27.2. The van der Waals surface area contributed by atoms with Gasteiger partial charge in [-0.25, -0.2) is 19.6 Å². The number of esters is 2. The molecule has 116 heavy (non-hydrogen) atoms. The monoisotopic (exact) mass is 1600 g/mol.